The minimum Gasteiger partial charge on any atom is -0.481 e. The molecule has 0 fully saturated rings. The predicted molar refractivity (Wildman–Crippen MR) is 52.9 cm³/mol. The highest BCUT2D eigenvalue weighted by molar-refractivity contribution is 7.71. The van der Waals surface area contributed by atoms with Gasteiger partial charge in [0.1, 0.15) is 0 Å². The van der Waals surface area contributed by atoms with Gasteiger partial charge in [-0.3, -0.25) is 14.6 Å². The Hall–Kier alpha value is -1.43. The Morgan fingerprint density at radius 2 is 2.14 bits per heavy atom. The maximum Gasteiger partial charge on any atom is 0.303 e. The second kappa shape index (κ2) is 4.19. The molecule has 0 saturated carbocycles. The maximum atomic E-state index is 11.2. The number of hydrogen-bond acceptors (Lipinski definition) is 3. The van der Waals surface area contributed by atoms with Crippen molar-refractivity contribution in [1.82, 2.24) is 9.97 Å². The molecule has 0 bridgehead atoms. The molecule has 14 heavy (non-hydrogen) atoms. The van der Waals surface area contributed by atoms with Gasteiger partial charge in [0.25, 0.3) is 5.56 Å². The van der Waals surface area contributed by atoms with Crippen LogP contribution < -0.4 is 5.56 Å². The lowest BCUT2D eigenvalue weighted by Gasteiger charge is -2.02. The summed E-state index contributed by atoms with van der Waals surface area (Å²) in [5, 5.41) is 8.48. The van der Waals surface area contributed by atoms with E-state index in [9.17, 15) is 9.59 Å². The summed E-state index contributed by atoms with van der Waals surface area (Å²) in [7, 11) is 0. The first-order valence-electron chi connectivity index (χ1n) is 4.04. The van der Waals surface area contributed by atoms with Crippen LogP contribution in [-0.4, -0.2) is 21.0 Å². The minimum absolute atomic E-state index is 0.0183. The van der Waals surface area contributed by atoms with Gasteiger partial charge in [0.05, 0.1) is 6.42 Å². The fraction of sp³-hybridized carbons (Fsp3) is 0.375. The van der Waals surface area contributed by atoms with E-state index < -0.39 is 5.97 Å². The van der Waals surface area contributed by atoms with Crippen molar-refractivity contribution in [3.8, 4) is 0 Å². The van der Waals surface area contributed by atoms with Crippen LogP contribution >= 0.6 is 12.2 Å². The number of carboxylic acids is 1. The molecule has 0 aliphatic carbocycles. The number of carboxylic acid groups (broad SMARTS) is 1. The SMILES string of the molecule is Cc1c(CCC(=O)O)[nH]c(=S)[nH]c1=O. The van der Waals surface area contributed by atoms with E-state index in [1.54, 1.807) is 6.92 Å². The highest BCUT2D eigenvalue weighted by atomic mass is 32.1. The zero-order valence-corrected chi connectivity index (χ0v) is 8.40. The number of aryl methyl sites for hydroxylation is 1. The van der Waals surface area contributed by atoms with Gasteiger partial charge in [-0.1, -0.05) is 0 Å². The Kier molecular flexibility index (Phi) is 3.19. The number of aromatic amines is 2. The van der Waals surface area contributed by atoms with Gasteiger partial charge in [-0.25, -0.2) is 0 Å². The van der Waals surface area contributed by atoms with Crippen molar-refractivity contribution in [2.75, 3.05) is 0 Å². The van der Waals surface area contributed by atoms with Crippen LogP contribution in [0, 0.1) is 11.7 Å². The highest BCUT2D eigenvalue weighted by Gasteiger charge is 2.05. The van der Waals surface area contributed by atoms with Crippen molar-refractivity contribution < 1.29 is 9.90 Å². The van der Waals surface area contributed by atoms with Crippen LogP contribution in [0.2, 0.25) is 0 Å². The molecular formula is C8H10N2O3S. The van der Waals surface area contributed by atoms with E-state index in [2.05, 4.69) is 9.97 Å². The fourth-order valence-corrected chi connectivity index (χ4v) is 1.29. The Bertz CT molecular complexity index is 460. The van der Waals surface area contributed by atoms with E-state index >= 15 is 0 Å². The van der Waals surface area contributed by atoms with Gasteiger partial charge in [-0.2, -0.15) is 0 Å². The normalized spacial score (nSPS) is 10.1. The Labute approximate surface area is 84.8 Å². The van der Waals surface area contributed by atoms with Crippen LogP contribution in [0.15, 0.2) is 4.79 Å². The molecular weight excluding hydrogens is 204 g/mol. The third-order valence-corrected chi connectivity index (χ3v) is 2.08. The van der Waals surface area contributed by atoms with Crippen molar-refractivity contribution in [1.29, 1.82) is 0 Å². The first-order chi connectivity index (χ1) is 6.50. The molecule has 0 saturated heterocycles. The van der Waals surface area contributed by atoms with Crippen molar-refractivity contribution >= 4 is 18.2 Å². The first-order valence-corrected chi connectivity index (χ1v) is 4.45. The topological polar surface area (TPSA) is 85.9 Å². The van der Waals surface area contributed by atoms with Gasteiger partial charge in [0, 0.05) is 11.3 Å². The molecule has 76 valence electrons. The van der Waals surface area contributed by atoms with Crippen molar-refractivity contribution in [3.63, 3.8) is 0 Å². The average Bonchev–Trinajstić information content (AvgIpc) is 2.08. The van der Waals surface area contributed by atoms with Gasteiger partial charge in [-0.15, -0.1) is 0 Å². The lowest BCUT2D eigenvalue weighted by atomic mass is 10.1. The molecule has 0 spiro atoms. The Morgan fingerprint density at radius 1 is 1.50 bits per heavy atom. The van der Waals surface area contributed by atoms with E-state index in [1.165, 1.54) is 0 Å². The van der Waals surface area contributed by atoms with Crippen LogP contribution in [0.4, 0.5) is 0 Å². The van der Waals surface area contributed by atoms with Gasteiger partial charge in [0.15, 0.2) is 4.77 Å². The molecule has 0 unspecified atom stereocenters. The van der Waals surface area contributed by atoms with E-state index in [4.69, 9.17) is 17.3 Å². The number of aliphatic carboxylic acids is 1. The highest BCUT2D eigenvalue weighted by Crippen LogP contribution is 2.01. The monoisotopic (exact) mass is 214 g/mol. The summed E-state index contributed by atoms with van der Waals surface area (Å²) < 4.78 is 0.223. The number of aromatic nitrogens is 2. The third kappa shape index (κ3) is 2.53. The zero-order chi connectivity index (χ0) is 10.7. The minimum atomic E-state index is -0.899. The summed E-state index contributed by atoms with van der Waals surface area (Å²) in [5.74, 6) is -0.899. The lowest BCUT2D eigenvalue weighted by Crippen LogP contribution is -2.15. The van der Waals surface area contributed by atoms with Crippen molar-refractivity contribution in [2.45, 2.75) is 19.8 Å². The molecule has 1 aromatic rings. The molecule has 1 heterocycles. The summed E-state index contributed by atoms with van der Waals surface area (Å²) in [6.45, 7) is 1.63. The number of nitrogens with one attached hydrogen (secondary N) is 2. The van der Waals surface area contributed by atoms with Crippen LogP contribution in [0.25, 0.3) is 0 Å². The largest absolute Gasteiger partial charge is 0.481 e. The molecule has 0 amide bonds. The summed E-state index contributed by atoms with van der Waals surface area (Å²) in [6.07, 6.45) is 0.268. The molecule has 0 aliphatic heterocycles. The number of H-pyrrole nitrogens is 2. The van der Waals surface area contributed by atoms with Gasteiger partial charge < -0.3 is 10.1 Å². The maximum absolute atomic E-state index is 11.2. The van der Waals surface area contributed by atoms with Crippen molar-refractivity contribution in [3.05, 3.63) is 26.4 Å². The first kappa shape index (κ1) is 10.6. The quantitative estimate of drug-likeness (QED) is 0.648. The molecule has 0 atom stereocenters. The van der Waals surface area contributed by atoms with E-state index in [1.807, 2.05) is 0 Å². The standard InChI is InChI=1S/C8H10N2O3S/c1-4-5(2-3-6(11)12)9-8(14)10-7(4)13/h2-3H2,1H3,(H,11,12)(H2,9,10,13,14). The molecule has 0 aromatic carbocycles. The fourth-order valence-electron chi connectivity index (χ4n) is 1.08. The van der Waals surface area contributed by atoms with E-state index in [-0.39, 0.29) is 23.2 Å². The molecule has 5 nitrogen and oxygen atoms in total. The van der Waals surface area contributed by atoms with Crippen LogP contribution in [0.5, 0.6) is 0 Å². The van der Waals surface area contributed by atoms with Gasteiger partial charge >= 0.3 is 5.97 Å². The summed E-state index contributed by atoms with van der Waals surface area (Å²) in [4.78, 5) is 26.7. The summed E-state index contributed by atoms with van der Waals surface area (Å²) in [5.41, 5.74) is 0.801. The predicted octanol–water partition coefficient (Wildman–Crippen LogP) is 0.758. The zero-order valence-electron chi connectivity index (χ0n) is 7.59. The molecule has 3 N–H and O–H groups in total. The number of hydrogen-bond donors (Lipinski definition) is 3. The second-order valence-corrected chi connectivity index (χ2v) is 3.31. The molecule has 0 aliphatic rings. The number of carbonyl (C=O) groups is 1. The van der Waals surface area contributed by atoms with E-state index in [0.717, 1.165) is 0 Å². The summed E-state index contributed by atoms with van der Waals surface area (Å²) >= 11 is 4.77. The third-order valence-electron chi connectivity index (χ3n) is 1.87. The molecule has 1 aromatic heterocycles. The van der Waals surface area contributed by atoms with Gasteiger partial charge in [0.2, 0.25) is 0 Å². The van der Waals surface area contributed by atoms with E-state index in [0.29, 0.717) is 11.3 Å². The smallest absolute Gasteiger partial charge is 0.303 e. The number of rotatable bonds is 3. The lowest BCUT2D eigenvalue weighted by molar-refractivity contribution is -0.136. The average molecular weight is 214 g/mol. The summed E-state index contributed by atoms with van der Waals surface area (Å²) in [6, 6.07) is 0. The second-order valence-electron chi connectivity index (χ2n) is 2.91. The molecule has 0 radical (unpaired) electrons. The van der Waals surface area contributed by atoms with Crippen molar-refractivity contribution in [2.24, 2.45) is 0 Å². The Balaban J connectivity index is 3.03. The molecule has 1 rings (SSSR count). The van der Waals surface area contributed by atoms with Crippen LogP contribution in [0.3, 0.4) is 0 Å². The Morgan fingerprint density at radius 3 is 2.71 bits per heavy atom. The van der Waals surface area contributed by atoms with Crippen LogP contribution in [-0.2, 0) is 11.2 Å². The molecule has 6 heteroatoms. The van der Waals surface area contributed by atoms with Crippen LogP contribution in [0.1, 0.15) is 17.7 Å². The van der Waals surface area contributed by atoms with Gasteiger partial charge in [-0.05, 0) is 25.6 Å².